The lowest BCUT2D eigenvalue weighted by atomic mass is 9.55. The molecule has 0 bridgehead atoms. The summed E-state index contributed by atoms with van der Waals surface area (Å²) in [6, 6.07) is 6.58. The van der Waals surface area contributed by atoms with Crippen LogP contribution in [0.25, 0.3) is 0 Å². The van der Waals surface area contributed by atoms with Gasteiger partial charge in [-0.25, -0.2) is 0 Å². The molecule has 282 valence electrons. The standard InChI is InChI=1S/C34H48F6O4S2.C2H8Si/c1-31-15-14-27-26-11-8-24(42-17-5-19-45-46-25-9-7-23(21-25)41-3)20-22(26)6-10-28(27)29(31)12-13-30(31)43-16-4-18-44-32(2,33(35,36)37)34(38,39)40;1-3-2/h8,11,20,23,25,27-30H,4-7,9-10,12-19,21H2,1-3H3;3H2,1-2H3/t23?,25?,27?,28?,29?,30-,31-;/m0./s1/i3D;. The molecule has 5 unspecified atom stereocenters. The highest BCUT2D eigenvalue weighted by atomic mass is 33.1. The van der Waals surface area contributed by atoms with E-state index in [4.69, 9.17) is 15.6 Å². The van der Waals surface area contributed by atoms with Gasteiger partial charge in [-0.2, -0.15) is 26.3 Å². The molecule has 1 aromatic carbocycles. The van der Waals surface area contributed by atoms with E-state index < -0.39 is 24.6 Å². The van der Waals surface area contributed by atoms with E-state index in [1.54, 1.807) is 0 Å². The van der Waals surface area contributed by atoms with Gasteiger partial charge in [-0.05, 0) is 124 Å². The van der Waals surface area contributed by atoms with Crippen LogP contribution in [-0.4, -0.2) is 77.6 Å². The molecule has 0 aromatic heterocycles. The molecule has 7 atom stereocenters. The van der Waals surface area contributed by atoms with E-state index in [1.807, 2.05) is 21.6 Å². The summed E-state index contributed by atoms with van der Waals surface area (Å²) in [5.41, 5.74) is -1.45. The van der Waals surface area contributed by atoms with Gasteiger partial charge in [-0.1, -0.05) is 47.7 Å². The number of benzene rings is 1. The number of aryl methyl sites for hydroxylation is 1. The second-order valence-corrected chi connectivity index (χ2v) is 18.7. The van der Waals surface area contributed by atoms with Crippen molar-refractivity contribution in [1.82, 2.24) is 0 Å². The number of ether oxygens (including phenoxy) is 4. The summed E-state index contributed by atoms with van der Waals surface area (Å²) in [4.78, 5) is 0. The predicted octanol–water partition coefficient (Wildman–Crippen LogP) is 10.2. The minimum Gasteiger partial charge on any atom is -0.494 e. The van der Waals surface area contributed by atoms with Crippen LogP contribution in [0.2, 0.25) is 13.1 Å². The number of rotatable bonds is 14. The largest absolute Gasteiger partial charge is 0.494 e. The highest BCUT2D eigenvalue weighted by molar-refractivity contribution is 8.76. The highest BCUT2D eigenvalue weighted by Crippen LogP contribution is 2.61. The summed E-state index contributed by atoms with van der Waals surface area (Å²) < 4.78 is 108. The van der Waals surface area contributed by atoms with E-state index in [2.05, 4.69) is 43.0 Å². The Bertz CT molecular complexity index is 1180. The SMILES string of the molecule is C[SiH2]C.[2H]COC1CCC(SSCCCOc2ccc3c(c2)CCC2C3CC[C@@]3(C)C2CC[C@@H]3OCCCOC(C)(C(F)(F)F)C(F)(F)F)C1. The van der Waals surface area contributed by atoms with Crippen molar-refractivity contribution < 1.29 is 46.7 Å². The van der Waals surface area contributed by atoms with E-state index in [0.29, 0.717) is 39.1 Å². The number of hydrogen-bond acceptors (Lipinski definition) is 6. The van der Waals surface area contributed by atoms with Crippen molar-refractivity contribution in [3.8, 4) is 5.75 Å². The normalized spacial score (nSPS) is 30.1. The fourth-order valence-electron chi connectivity index (χ4n) is 8.35. The Morgan fingerprint density at radius 1 is 0.959 bits per heavy atom. The van der Waals surface area contributed by atoms with Crippen LogP contribution in [0.5, 0.6) is 5.75 Å². The van der Waals surface area contributed by atoms with Gasteiger partial charge < -0.3 is 18.9 Å². The molecule has 0 amide bonds. The summed E-state index contributed by atoms with van der Waals surface area (Å²) in [5, 5.41) is 0.615. The molecule has 0 spiro atoms. The summed E-state index contributed by atoms with van der Waals surface area (Å²) >= 11 is 0. The van der Waals surface area contributed by atoms with E-state index in [0.717, 1.165) is 75.7 Å². The molecule has 5 rings (SSSR count). The molecule has 49 heavy (non-hydrogen) atoms. The smallest absolute Gasteiger partial charge is 0.426 e. The maximum atomic E-state index is 13.1. The van der Waals surface area contributed by atoms with Crippen molar-refractivity contribution in [2.75, 3.05) is 32.7 Å². The molecule has 4 aliphatic carbocycles. The Labute approximate surface area is 300 Å². The average Bonchev–Trinajstić information content (AvgIpc) is 3.65. The number of methoxy groups -OCH3 is 1. The van der Waals surface area contributed by atoms with Gasteiger partial charge in [0.1, 0.15) is 5.75 Å². The molecule has 4 aliphatic rings. The molecule has 0 aliphatic heterocycles. The summed E-state index contributed by atoms with van der Waals surface area (Å²) in [5.74, 6) is 3.45. The lowest BCUT2D eigenvalue weighted by Crippen LogP contribution is -2.56. The van der Waals surface area contributed by atoms with E-state index in [-0.39, 0.29) is 44.7 Å². The number of halogens is 6. The van der Waals surface area contributed by atoms with E-state index >= 15 is 0 Å². The monoisotopic (exact) mass is 759 g/mol. The fraction of sp³-hybridized carbons (Fsp3) is 0.833. The van der Waals surface area contributed by atoms with Crippen LogP contribution in [0.15, 0.2) is 18.2 Å². The van der Waals surface area contributed by atoms with Crippen LogP contribution in [0.3, 0.4) is 0 Å². The van der Waals surface area contributed by atoms with Gasteiger partial charge in [-0.15, -0.1) is 0 Å². The number of alkyl halides is 6. The zero-order chi connectivity index (χ0) is 36.6. The van der Waals surface area contributed by atoms with Crippen molar-refractivity contribution in [2.24, 2.45) is 17.3 Å². The second-order valence-electron chi connectivity index (χ2n) is 14.5. The van der Waals surface area contributed by atoms with Crippen LogP contribution >= 0.6 is 21.6 Å². The van der Waals surface area contributed by atoms with Crippen LogP contribution in [0.1, 0.15) is 96.5 Å². The molecule has 0 heterocycles. The van der Waals surface area contributed by atoms with Crippen molar-refractivity contribution in [3.63, 3.8) is 0 Å². The third-order valence-electron chi connectivity index (χ3n) is 11.1. The third-order valence-corrected chi connectivity index (χ3v) is 14.1. The van der Waals surface area contributed by atoms with Gasteiger partial charge >= 0.3 is 12.4 Å². The molecule has 13 heteroatoms. The van der Waals surface area contributed by atoms with Gasteiger partial charge in [0.05, 0.1) is 26.8 Å². The first-order valence-corrected chi connectivity index (χ1v) is 23.2. The molecular weight excluding hydrogens is 703 g/mol. The van der Waals surface area contributed by atoms with Crippen LogP contribution < -0.4 is 4.74 Å². The first-order chi connectivity index (χ1) is 23.7. The first kappa shape index (κ1) is 39.6. The van der Waals surface area contributed by atoms with Crippen LogP contribution in [0.4, 0.5) is 26.3 Å². The van der Waals surface area contributed by atoms with E-state index in [1.165, 1.54) is 11.1 Å². The maximum absolute atomic E-state index is 13.1. The van der Waals surface area contributed by atoms with Gasteiger partial charge in [0.25, 0.3) is 5.60 Å². The van der Waals surface area contributed by atoms with Crippen molar-refractivity contribution >= 4 is 31.1 Å². The molecule has 0 radical (unpaired) electrons. The molecule has 0 saturated heterocycles. The lowest BCUT2D eigenvalue weighted by Gasteiger charge is -2.50. The van der Waals surface area contributed by atoms with Gasteiger partial charge in [0, 0.05) is 34.2 Å². The van der Waals surface area contributed by atoms with Crippen molar-refractivity contribution in [1.29, 1.82) is 0 Å². The first-order valence-electron chi connectivity index (χ1n) is 18.7. The van der Waals surface area contributed by atoms with Crippen molar-refractivity contribution in [3.05, 3.63) is 29.3 Å². The third kappa shape index (κ3) is 9.89. The molecule has 0 N–H and O–H groups in total. The topological polar surface area (TPSA) is 36.9 Å². The Hall–Kier alpha value is -0.603. The Morgan fingerprint density at radius 2 is 1.71 bits per heavy atom. The average molecular weight is 760 g/mol. The Morgan fingerprint density at radius 3 is 2.43 bits per heavy atom. The van der Waals surface area contributed by atoms with E-state index in [9.17, 15) is 26.3 Å². The maximum Gasteiger partial charge on any atom is 0.426 e. The molecule has 3 saturated carbocycles. The van der Waals surface area contributed by atoms with Crippen LogP contribution in [0, 0.1) is 17.3 Å². The highest BCUT2D eigenvalue weighted by Gasteiger charge is 2.69. The molecule has 4 nitrogen and oxygen atoms in total. The second kappa shape index (κ2) is 17.9. The minimum atomic E-state index is -5.55. The minimum absolute atomic E-state index is 0.0365. The zero-order valence-corrected chi connectivity index (χ0v) is 32.5. The quantitative estimate of drug-likeness (QED) is 0.0814. The molecule has 1 aromatic rings. The molecule has 3 fully saturated rings. The van der Waals surface area contributed by atoms with Crippen molar-refractivity contribution in [2.45, 2.75) is 139 Å². The predicted molar refractivity (Wildman–Crippen MR) is 191 cm³/mol. The Kier molecular flexibility index (Phi) is 14.5. The van der Waals surface area contributed by atoms with Crippen LogP contribution in [-0.2, 0) is 20.6 Å². The fourth-order valence-corrected chi connectivity index (χ4v) is 11.1. The zero-order valence-electron chi connectivity index (χ0n) is 30.4. The lowest BCUT2D eigenvalue weighted by molar-refractivity contribution is -0.374. The van der Waals surface area contributed by atoms with Gasteiger partial charge in [0.15, 0.2) is 0 Å². The summed E-state index contributed by atoms with van der Waals surface area (Å²) in [6.45, 7) is 6.90. The molecular formula is C36H56F6O4S2Si. The summed E-state index contributed by atoms with van der Waals surface area (Å²) in [6.07, 6.45) is -0.721. The number of fused-ring (bicyclic) bond motifs is 5. The van der Waals surface area contributed by atoms with Gasteiger partial charge in [0.2, 0.25) is 0 Å². The van der Waals surface area contributed by atoms with Gasteiger partial charge in [-0.3, -0.25) is 0 Å². The Balaban J connectivity index is 0.00000181. The summed E-state index contributed by atoms with van der Waals surface area (Å²) in [7, 11) is 4.31. The number of hydrogen-bond donors (Lipinski definition) is 0.